The van der Waals surface area contributed by atoms with Gasteiger partial charge in [0, 0.05) is 24.8 Å². The molecule has 0 aliphatic heterocycles. The number of rotatable bonds is 5. The lowest BCUT2D eigenvalue weighted by molar-refractivity contribution is -0.124. The van der Waals surface area contributed by atoms with Gasteiger partial charge in [0.1, 0.15) is 6.04 Å². The third-order valence-electron chi connectivity index (χ3n) is 3.56. The van der Waals surface area contributed by atoms with Crippen LogP contribution in [0.25, 0.3) is 0 Å². The molecule has 0 bridgehead atoms. The molecule has 0 aliphatic carbocycles. The Morgan fingerprint density at radius 2 is 2.19 bits per heavy atom. The van der Waals surface area contributed by atoms with Gasteiger partial charge in [0.2, 0.25) is 5.91 Å². The van der Waals surface area contributed by atoms with Crippen molar-refractivity contribution in [1.29, 1.82) is 0 Å². The monoisotopic (exact) mass is 353 g/mol. The Balaban J connectivity index is 2.01. The fourth-order valence-electron chi connectivity index (χ4n) is 2.13. The molecule has 2 aromatic heterocycles. The largest absolute Gasteiger partial charge is 0.350 e. The van der Waals surface area contributed by atoms with Gasteiger partial charge in [0.05, 0.1) is 22.1 Å². The number of nitrogens with zero attached hydrogens (tertiary/aromatic N) is 4. The number of nitrogens with one attached hydrogen (secondary N) is 1. The minimum absolute atomic E-state index is 0.0580. The number of carbonyl (C=O) groups excluding carboxylic acids is 1. The Bertz CT molecular complexity index is 646. The fraction of sp³-hybridized carbons (Fsp3) is 0.500. The molecule has 0 aliphatic rings. The number of hydrogen-bond donors (Lipinski definition) is 1. The van der Waals surface area contributed by atoms with Crippen LogP contribution in [-0.2, 0) is 17.9 Å². The van der Waals surface area contributed by atoms with Crippen LogP contribution in [0.15, 0.2) is 16.9 Å². The van der Waals surface area contributed by atoms with E-state index in [-0.39, 0.29) is 11.9 Å². The third-order valence-corrected chi connectivity index (χ3v) is 4.33. The van der Waals surface area contributed by atoms with Crippen molar-refractivity contribution in [2.75, 3.05) is 0 Å². The molecular formula is C14H20BrN5O. The molecule has 0 radical (unpaired) electrons. The van der Waals surface area contributed by atoms with E-state index in [4.69, 9.17) is 0 Å². The van der Waals surface area contributed by atoms with Crippen molar-refractivity contribution >= 4 is 21.8 Å². The Morgan fingerprint density at radius 3 is 2.71 bits per heavy atom. The van der Waals surface area contributed by atoms with Crippen LogP contribution in [0.5, 0.6) is 0 Å². The van der Waals surface area contributed by atoms with E-state index in [1.165, 1.54) is 0 Å². The molecule has 2 aromatic rings. The van der Waals surface area contributed by atoms with Gasteiger partial charge in [-0.25, -0.2) is 0 Å². The van der Waals surface area contributed by atoms with Crippen LogP contribution < -0.4 is 5.32 Å². The molecule has 0 fully saturated rings. The van der Waals surface area contributed by atoms with E-state index >= 15 is 0 Å². The van der Waals surface area contributed by atoms with Crippen LogP contribution >= 0.6 is 15.9 Å². The van der Waals surface area contributed by atoms with E-state index in [0.29, 0.717) is 6.54 Å². The van der Waals surface area contributed by atoms with Crippen molar-refractivity contribution in [3.05, 3.63) is 33.8 Å². The van der Waals surface area contributed by atoms with Crippen molar-refractivity contribution in [2.45, 2.75) is 46.8 Å². The van der Waals surface area contributed by atoms with Crippen LogP contribution in [-0.4, -0.2) is 25.5 Å². The Morgan fingerprint density at radius 1 is 1.48 bits per heavy atom. The van der Waals surface area contributed by atoms with Crippen molar-refractivity contribution in [3.63, 3.8) is 0 Å². The number of amides is 1. The molecule has 0 saturated heterocycles. The topological polar surface area (TPSA) is 64.7 Å². The van der Waals surface area contributed by atoms with Crippen LogP contribution in [0.4, 0.5) is 0 Å². The van der Waals surface area contributed by atoms with E-state index in [1.54, 1.807) is 10.9 Å². The summed E-state index contributed by atoms with van der Waals surface area (Å²) in [5.41, 5.74) is 2.92. The zero-order chi connectivity index (χ0) is 15.6. The summed E-state index contributed by atoms with van der Waals surface area (Å²) in [6.45, 7) is 9.06. The van der Waals surface area contributed by atoms with E-state index in [9.17, 15) is 4.79 Å². The molecule has 1 N–H and O–H groups in total. The van der Waals surface area contributed by atoms with Gasteiger partial charge in [-0.1, -0.05) is 0 Å². The highest BCUT2D eigenvalue weighted by Gasteiger charge is 2.18. The maximum Gasteiger partial charge on any atom is 0.244 e. The average Bonchev–Trinajstić information content (AvgIpc) is 2.99. The molecule has 6 nitrogen and oxygen atoms in total. The minimum atomic E-state index is -0.349. The zero-order valence-corrected chi connectivity index (χ0v) is 14.3. The summed E-state index contributed by atoms with van der Waals surface area (Å²) in [6, 6.07) is -0.349. The van der Waals surface area contributed by atoms with Crippen molar-refractivity contribution in [2.24, 2.45) is 0 Å². The van der Waals surface area contributed by atoms with E-state index in [2.05, 4.69) is 31.4 Å². The van der Waals surface area contributed by atoms with Gasteiger partial charge in [0.25, 0.3) is 0 Å². The molecule has 21 heavy (non-hydrogen) atoms. The maximum absolute atomic E-state index is 12.3. The van der Waals surface area contributed by atoms with Crippen molar-refractivity contribution in [3.8, 4) is 0 Å². The summed E-state index contributed by atoms with van der Waals surface area (Å²) >= 11 is 3.40. The summed E-state index contributed by atoms with van der Waals surface area (Å²) < 4.78 is 4.48. The molecule has 0 spiro atoms. The first-order chi connectivity index (χ1) is 9.93. The summed E-state index contributed by atoms with van der Waals surface area (Å²) in [5, 5.41) is 11.5. The predicted octanol–water partition coefficient (Wildman–Crippen LogP) is 2.36. The molecule has 2 heterocycles. The van der Waals surface area contributed by atoms with Gasteiger partial charge < -0.3 is 5.32 Å². The molecule has 1 atom stereocenters. The second-order valence-electron chi connectivity index (χ2n) is 5.01. The normalized spacial score (nSPS) is 12.4. The number of hydrogen-bond acceptors (Lipinski definition) is 3. The first-order valence-corrected chi connectivity index (χ1v) is 7.73. The maximum atomic E-state index is 12.3. The van der Waals surface area contributed by atoms with Crippen LogP contribution in [0.3, 0.4) is 0 Å². The summed E-state index contributed by atoms with van der Waals surface area (Å²) in [7, 11) is 0. The minimum Gasteiger partial charge on any atom is -0.350 e. The lowest BCUT2D eigenvalue weighted by Crippen LogP contribution is -2.31. The highest BCUT2D eigenvalue weighted by Crippen LogP contribution is 2.18. The predicted molar refractivity (Wildman–Crippen MR) is 83.9 cm³/mol. The summed E-state index contributed by atoms with van der Waals surface area (Å²) in [5.74, 6) is -0.0580. The van der Waals surface area contributed by atoms with Gasteiger partial charge >= 0.3 is 0 Å². The lowest BCUT2D eigenvalue weighted by atomic mass is 10.2. The highest BCUT2D eigenvalue weighted by atomic mass is 79.9. The van der Waals surface area contributed by atoms with E-state index in [1.807, 2.05) is 38.6 Å². The zero-order valence-electron chi connectivity index (χ0n) is 12.7. The third kappa shape index (κ3) is 3.34. The van der Waals surface area contributed by atoms with Gasteiger partial charge in [-0.3, -0.25) is 14.2 Å². The average molecular weight is 354 g/mol. The molecule has 0 saturated carbocycles. The van der Waals surface area contributed by atoms with E-state index in [0.717, 1.165) is 28.0 Å². The second kappa shape index (κ2) is 6.43. The molecule has 2 rings (SSSR count). The number of aryl methyl sites for hydroxylation is 2. The van der Waals surface area contributed by atoms with Crippen LogP contribution in [0.2, 0.25) is 0 Å². The van der Waals surface area contributed by atoms with Crippen LogP contribution in [0.1, 0.15) is 36.8 Å². The highest BCUT2D eigenvalue weighted by molar-refractivity contribution is 9.10. The fourth-order valence-corrected chi connectivity index (χ4v) is 2.40. The molecule has 0 aromatic carbocycles. The van der Waals surface area contributed by atoms with Crippen molar-refractivity contribution < 1.29 is 4.79 Å². The molecule has 1 amide bonds. The van der Waals surface area contributed by atoms with E-state index < -0.39 is 0 Å². The molecular weight excluding hydrogens is 334 g/mol. The smallest absolute Gasteiger partial charge is 0.244 e. The quantitative estimate of drug-likeness (QED) is 0.897. The van der Waals surface area contributed by atoms with Gasteiger partial charge in [0.15, 0.2) is 0 Å². The van der Waals surface area contributed by atoms with Gasteiger partial charge in [-0.2, -0.15) is 10.2 Å². The summed E-state index contributed by atoms with van der Waals surface area (Å²) in [6.07, 6.45) is 3.67. The second-order valence-corrected chi connectivity index (χ2v) is 5.87. The number of aromatic nitrogens is 4. The lowest BCUT2D eigenvalue weighted by Gasteiger charge is -2.14. The standard InChI is InChI=1S/C14H20BrN5O/c1-5-19-8-12(9(2)18-19)6-16-14(21)11(4)20-10(3)13(15)7-17-20/h7-8,11H,5-6H2,1-4H3,(H,16,21). The summed E-state index contributed by atoms with van der Waals surface area (Å²) in [4.78, 5) is 12.3. The van der Waals surface area contributed by atoms with Gasteiger partial charge in [-0.15, -0.1) is 0 Å². The first-order valence-electron chi connectivity index (χ1n) is 6.94. The Kier molecular flexibility index (Phi) is 4.82. The Labute approximate surface area is 132 Å². The molecule has 114 valence electrons. The van der Waals surface area contributed by atoms with Gasteiger partial charge in [-0.05, 0) is 43.6 Å². The number of carbonyl (C=O) groups is 1. The molecule has 7 heteroatoms. The first kappa shape index (κ1) is 15.8. The SMILES string of the molecule is CCn1cc(CNC(=O)C(C)n2ncc(Br)c2C)c(C)n1. The molecule has 1 unspecified atom stereocenters. The number of halogens is 1. The Hall–Kier alpha value is -1.63. The van der Waals surface area contributed by atoms with Crippen LogP contribution in [0, 0.1) is 13.8 Å². The van der Waals surface area contributed by atoms with Crippen molar-refractivity contribution in [1.82, 2.24) is 24.9 Å².